The van der Waals surface area contributed by atoms with Crippen LogP contribution in [0.5, 0.6) is 0 Å². The van der Waals surface area contributed by atoms with Gasteiger partial charge in [0.05, 0.1) is 30.4 Å². The van der Waals surface area contributed by atoms with Crippen molar-refractivity contribution in [2.45, 2.75) is 51.1 Å². The van der Waals surface area contributed by atoms with E-state index in [0.29, 0.717) is 0 Å². The van der Waals surface area contributed by atoms with E-state index < -0.39 is 35.9 Å². The molecule has 0 bridgehead atoms. The molecule has 1 unspecified atom stereocenters. The molecule has 2 rings (SSSR count). The summed E-state index contributed by atoms with van der Waals surface area (Å²) >= 11 is 0. The zero-order valence-corrected chi connectivity index (χ0v) is 13.6. The molecule has 2 heterocycles. The van der Waals surface area contributed by atoms with E-state index in [9.17, 15) is 9.18 Å². The largest absolute Gasteiger partial charge is 0.469 e. The zero-order chi connectivity index (χ0) is 16.5. The molecule has 1 atom stereocenters. The molecule has 1 aliphatic rings. The van der Waals surface area contributed by atoms with Crippen molar-refractivity contribution in [3.63, 3.8) is 0 Å². The third-order valence-electron chi connectivity index (χ3n) is 4.35. The number of carbonyl (C=O) groups excluding carboxylic acids is 1. The van der Waals surface area contributed by atoms with Gasteiger partial charge in [0.1, 0.15) is 5.82 Å². The number of nitrogens with zero attached hydrogens (tertiary/aromatic N) is 1. The number of hydrogen-bond acceptors (Lipinski definition) is 5. The minimum absolute atomic E-state index is 0.0682. The van der Waals surface area contributed by atoms with Crippen LogP contribution in [0.2, 0.25) is 0 Å². The molecule has 7 heteroatoms. The number of hydrogen-bond donors (Lipinski definition) is 0. The number of halogens is 1. The highest BCUT2D eigenvalue weighted by molar-refractivity contribution is 6.48. The second-order valence-corrected chi connectivity index (χ2v) is 6.38. The quantitative estimate of drug-likeness (QED) is 0.632. The summed E-state index contributed by atoms with van der Waals surface area (Å²) in [5, 5.41) is 0. The van der Waals surface area contributed by atoms with Gasteiger partial charge in [-0.2, -0.15) is 0 Å². The highest BCUT2D eigenvalue weighted by atomic mass is 19.1. The number of rotatable bonds is 4. The van der Waals surface area contributed by atoms with Crippen molar-refractivity contribution in [1.82, 2.24) is 4.98 Å². The molecule has 1 aromatic rings. The van der Waals surface area contributed by atoms with Gasteiger partial charge in [0.25, 0.3) is 0 Å². The Labute approximate surface area is 130 Å². The molecule has 0 radical (unpaired) electrons. The highest BCUT2D eigenvalue weighted by Crippen LogP contribution is 2.41. The topological polar surface area (TPSA) is 57.7 Å². The molecule has 0 aromatic carbocycles. The minimum atomic E-state index is -0.770. The van der Waals surface area contributed by atoms with Crippen LogP contribution >= 0.6 is 0 Å². The lowest BCUT2D eigenvalue weighted by molar-refractivity contribution is -0.140. The Morgan fingerprint density at radius 3 is 2.45 bits per heavy atom. The molecule has 1 fully saturated rings. The molecule has 0 spiro atoms. The Kier molecular flexibility index (Phi) is 4.58. The average Bonchev–Trinajstić information content (AvgIpc) is 2.65. The smallest absolute Gasteiger partial charge is 0.468 e. The molecule has 0 N–H and O–H groups in total. The fourth-order valence-electron chi connectivity index (χ4n) is 2.31. The molecular weight excluding hydrogens is 288 g/mol. The number of ether oxygens (including phenoxy) is 1. The van der Waals surface area contributed by atoms with E-state index in [1.54, 1.807) is 0 Å². The molecule has 1 saturated heterocycles. The van der Waals surface area contributed by atoms with Crippen molar-refractivity contribution in [2.24, 2.45) is 0 Å². The molecule has 0 amide bonds. The summed E-state index contributed by atoms with van der Waals surface area (Å²) in [6, 6.07) is 2.80. The summed E-state index contributed by atoms with van der Waals surface area (Å²) in [7, 11) is 0.520. The van der Waals surface area contributed by atoms with Crippen molar-refractivity contribution in [1.29, 1.82) is 0 Å². The first-order valence-corrected chi connectivity index (χ1v) is 7.21. The van der Waals surface area contributed by atoms with Crippen LogP contribution in [0.3, 0.4) is 0 Å². The monoisotopic (exact) mass is 309 g/mol. The molecule has 1 aliphatic heterocycles. The second kappa shape index (κ2) is 5.97. The van der Waals surface area contributed by atoms with Crippen molar-refractivity contribution < 1.29 is 23.2 Å². The maximum absolute atomic E-state index is 14.1. The third-order valence-corrected chi connectivity index (χ3v) is 4.35. The molecule has 22 heavy (non-hydrogen) atoms. The van der Waals surface area contributed by atoms with Crippen molar-refractivity contribution >= 4 is 13.1 Å². The van der Waals surface area contributed by atoms with E-state index in [2.05, 4.69) is 4.98 Å². The van der Waals surface area contributed by atoms with Crippen LogP contribution in [-0.2, 0) is 18.8 Å². The van der Waals surface area contributed by atoms with Crippen molar-refractivity contribution in [3.8, 4) is 0 Å². The molecule has 0 aliphatic carbocycles. The van der Waals surface area contributed by atoms with Crippen LogP contribution in [0.25, 0.3) is 0 Å². The lowest BCUT2D eigenvalue weighted by Gasteiger charge is -2.32. The van der Waals surface area contributed by atoms with E-state index >= 15 is 0 Å². The van der Waals surface area contributed by atoms with E-state index in [-0.39, 0.29) is 12.1 Å². The lowest BCUT2D eigenvalue weighted by Crippen LogP contribution is -2.41. The summed E-state index contributed by atoms with van der Waals surface area (Å²) in [6.07, 6.45) is 1.41. The summed E-state index contributed by atoms with van der Waals surface area (Å²) in [5.41, 5.74) is -0.999. The van der Waals surface area contributed by atoms with Gasteiger partial charge in [0, 0.05) is 12.0 Å². The third kappa shape index (κ3) is 3.15. The van der Waals surface area contributed by atoms with Crippen LogP contribution in [0.4, 0.5) is 4.39 Å². The Bertz CT molecular complexity index is 548. The maximum Gasteiger partial charge on any atom is 0.468 e. The van der Waals surface area contributed by atoms with Gasteiger partial charge in [0.2, 0.25) is 0 Å². The standard InChI is InChI=1S/C15H21BFNO4/c1-14(2)15(3,4)22-16(21-14)10(9-12(19)20-5)13-11(17)7-6-8-18-13/h6-8,10H,9H2,1-5H3. The van der Waals surface area contributed by atoms with E-state index in [1.165, 1.54) is 25.4 Å². The normalized spacial score (nSPS) is 20.7. The van der Waals surface area contributed by atoms with Crippen LogP contribution in [-0.4, -0.2) is 36.4 Å². The zero-order valence-electron chi connectivity index (χ0n) is 13.6. The SMILES string of the molecule is COC(=O)CC(B1OC(C)(C)C(C)(C)O1)c1ncccc1F. The van der Waals surface area contributed by atoms with Crippen molar-refractivity contribution in [2.75, 3.05) is 7.11 Å². The Morgan fingerprint density at radius 2 is 1.95 bits per heavy atom. The first-order chi connectivity index (χ1) is 10.2. The Hall–Kier alpha value is -1.47. The highest BCUT2D eigenvalue weighted by Gasteiger charge is 2.55. The van der Waals surface area contributed by atoms with E-state index in [1.807, 2.05) is 27.7 Å². The number of pyridine rings is 1. The summed E-state index contributed by atoms with van der Waals surface area (Å²) in [4.78, 5) is 15.8. The van der Waals surface area contributed by atoms with Crippen LogP contribution in [0, 0.1) is 5.82 Å². The number of methoxy groups -OCH3 is 1. The Balaban J connectivity index is 2.35. The number of aromatic nitrogens is 1. The van der Waals surface area contributed by atoms with Gasteiger partial charge in [-0.3, -0.25) is 9.78 Å². The van der Waals surface area contributed by atoms with Gasteiger partial charge >= 0.3 is 13.1 Å². The van der Waals surface area contributed by atoms with E-state index in [4.69, 9.17) is 14.0 Å². The number of esters is 1. The molecule has 120 valence electrons. The van der Waals surface area contributed by atoms with Gasteiger partial charge in [-0.05, 0) is 39.8 Å². The number of carbonyl (C=O) groups is 1. The van der Waals surface area contributed by atoms with Crippen LogP contribution in [0.15, 0.2) is 18.3 Å². The molecule has 1 aromatic heterocycles. The predicted octanol–water partition coefficient (Wildman–Crippen LogP) is 2.50. The average molecular weight is 309 g/mol. The summed E-state index contributed by atoms with van der Waals surface area (Å²) in [6.45, 7) is 7.60. The van der Waals surface area contributed by atoms with Crippen LogP contribution < -0.4 is 0 Å². The van der Waals surface area contributed by atoms with Gasteiger partial charge in [-0.25, -0.2) is 4.39 Å². The molecule has 5 nitrogen and oxygen atoms in total. The van der Waals surface area contributed by atoms with Crippen molar-refractivity contribution in [3.05, 3.63) is 29.8 Å². The van der Waals surface area contributed by atoms with Gasteiger partial charge < -0.3 is 14.0 Å². The predicted molar refractivity (Wildman–Crippen MR) is 79.7 cm³/mol. The molecule has 0 saturated carbocycles. The lowest BCUT2D eigenvalue weighted by atomic mass is 9.67. The van der Waals surface area contributed by atoms with Crippen LogP contribution in [0.1, 0.15) is 45.6 Å². The maximum atomic E-state index is 14.1. The van der Waals surface area contributed by atoms with E-state index in [0.717, 1.165) is 0 Å². The summed E-state index contributed by atoms with van der Waals surface area (Å²) < 4.78 is 30.7. The van der Waals surface area contributed by atoms with Gasteiger partial charge in [0.15, 0.2) is 0 Å². The Morgan fingerprint density at radius 1 is 1.36 bits per heavy atom. The van der Waals surface area contributed by atoms with Gasteiger partial charge in [-0.15, -0.1) is 0 Å². The fourth-order valence-corrected chi connectivity index (χ4v) is 2.31. The first kappa shape index (κ1) is 16.9. The first-order valence-electron chi connectivity index (χ1n) is 7.21. The summed E-state index contributed by atoms with van der Waals surface area (Å²) in [5.74, 6) is -1.63. The minimum Gasteiger partial charge on any atom is -0.469 e. The molecular formula is C15H21BFNO4. The fraction of sp³-hybridized carbons (Fsp3) is 0.600. The van der Waals surface area contributed by atoms with Gasteiger partial charge in [-0.1, -0.05) is 0 Å². The second-order valence-electron chi connectivity index (χ2n) is 6.38.